The first-order valence-electron chi connectivity index (χ1n) is 10.1. The monoisotopic (exact) mass is 440 g/mol. The van der Waals surface area contributed by atoms with Crippen molar-refractivity contribution in [2.75, 3.05) is 25.0 Å². The smallest absolute Gasteiger partial charge is 0.300 e. The molecule has 0 fully saturated rings. The van der Waals surface area contributed by atoms with Gasteiger partial charge in [-0.05, 0) is 48.4 Å². The van der Waals surface area contributed by atoms with E-state index in [1.807, 2.05) is 44.3 Å². The molecule has 11 nitrogen and oxygen atoms in total. The topological polar surface area (TPSA) is 151 Å². The molecule has 0 saturated carbocycles. The van der Waals surface area contributed by atoms with Gasteiger partial charge in [-0.25, -0.2) is 4.63 Å². The lowest BCUT2D eigenvalue weighted by Gasteiger charge is -2.28. The van der Waals surface area contributed by atoms with Gasteiger partial charge >= 0.3 is 5.69 Å². The molecule has 2 aromatic carbocycles. The van der Waals surface area contributed by atoms with Gasteiger partial charge in [0.2, 0.25) is 5.52 Å². The van der Waals surface area contributed by atoms with E-state index in [1.54, 1.807) is 6.07 Å². The number of nitrogens with one attached hydrogen (secondary N) is 3. The van der Waals surface area contributed by atoms with Crippen LogP contribution in [0.15, 0.2) is 47.2 Å². The molecular formula is C21H24N6O5. The number of anilines is 1. The average molecular weight is 440 g/mol. The molecule has 1 atom stereocenters. The maximum absolute atomic E-state index is 11.1. The first-order chi connectivity index (χ1) is 15.3. The minimum absolute atomic E-state index is 0.0915. The van der Waals surface area contributed by atoms with E-state index < -0.39 is 16.6 Å². The second-order valence-electron chi connectivity index (χ2n) is 8.15. The molecule has 4 rings (SSSR count). The molecule has 0 saturated heterocycles. The van der Waals surface area contributed by atoms with Crippen LogP contribution in [0.4, 0.5) is 11.4 Å². The van der Waals surface area contributed by atoms with Crippen molar-refractivity contribution in [3.63, 3.8) is 0 Å². The number of fused-ring (bicyclic) bond motifs is 2. The number of aliphatic hydroxyl groups excluding tert-OH is 1. The Kier molecular flexibility index (Phi) is 5.93. The maximum atomic E-state index is 11.1. The largest absolute Gasteiger partial charge is 0.490 e. The third-order valence-corrected chi connectivity index (χ3v) is 5.00. The van der Waals surface area contributed by atoms with Crippen LogP contribution in [0, 0.1) is 10.1 Å². The molecule has 32 heavy (non-hydrogen) atoms. The summed E-state index contributed by atoms with van der Waals surface area (Å²) in [5.41, 5.74) is 1.31. The van der Waals surface area contributed by atoms with Crippen molar-refractivity contribution in [1.82, 2.24) is 20.6 Å². The maximum Gasteiger partial charge on any atom is 0.300 e. The van der Waals surface area contributed by atoms with E-state index in [1.165, 1.54) is 6.07 Å². The molecule has 0 aliphatic carbocycles. The highest BCUT2D eigenvalue weighted by molar-refractivity contribution is 5.93. The molecule has 4 aromatic rings. The van der Waals surface area contributed by atoms with Crippen LogP contribution in [-0.4, -0.2) is 56.7 Å². The van der Waals surface area contributed by atoms with Gasteiger partial charge in [0, 0.05) is 41.8 Å². The number of hydrogen-bond acceptors (Lipinski definition) is 9. The Morgan fingerprint density at radius 1 is 1.25 bits per heavy atom. The zero-order valence-corrected chi connectivity index (χ0v) is 17.7. The molecule has 2 aromatic heterocycles. The predicted octanol–water partition coefficient (Wildman–Crippen LogP) is 2.83. The highest BCUT2D eigenvalue weighted by Crippen LogP contribution is 2.30. The van der Waals surface area contributed by atoms with Crippen molar-refractivity contribution < 1.29 is 19.4 Å². The summed E-state index contributed by atoms with van der Waals surface area (Å²) in [6.45, 7) is 4.89. The van der Waals surface area contributed by atoms with E-state index in [-0.39, 0.29) is 17.8 Å². The zero-order chi connectivity index (χ0) is 22.7. The zero-order valence-electron chi connectivity index (χ0n) is 17.7. The quantitative estimate of drug-likeness (QED) is 0.215. The van der Waals surface area contributed by atoms with Crippen LogP contribution in [0.2, 0.25) is 0 Å². The van der Waals surface area contributed by atoms with Crippen molar-refractivity contribution in [3.8, 4) is 5.75 Å². The molecule has 0 spiro atoms. The van der Waals surface area contributed by atoms with Crippen LogP contribution >= 0.6 is 0 Å². The number of rotatable bonds is 10. The Morgan fingerprint density at radius 3 is 2.88 bits per heavy atom. The van der Waals surface area contributed by atoms with Gasteiger partial charge in [-0.15, -0.1) is 0 Å². The number of aromatic nitrogens is 3. The molecule has 4 N–H and O–H groups in total. The number of hydrogen-bond donors (Lipinski definition) is 4. The van der Waals surface area contributed by atoms with Gasteiger partial charge in [0.05, 0.1) is 10.6 Å². The Hall–Kier alpha value is -3.70. The van der Waals surface area contributed by atoms with Gasteiger partial charge in [-0.1, -0.05) is 6.07 Å². The Labute approximate surface area is 182 Å². The standard InChI is InChI=1S/C21H24N6O5/c1-21(2,24-16-6-7-17(27(29)30)20-19(16)25-32-26-20)12-22-10-13(28)11-31-18-5-3-4-15-14(18)8-9-23-15/h3-9,13,22-24,28H,10-12H2,1-2H3. The van der Waals surface area contributed by atoms with E-state index in [0.717, 1.165) is 10.9 Å². The van der Waals surface area contributed by atoms with Crippen LogP contribution in [0.3, 0.4) is 0 Å². The van der Waals surface area contributed by atoms with Crippen LogP contribution < -0.4 is 15.4 Å². The lowest BCUT2D eigenvalue weighted by molar-refractivity contribution is -0.383. The van der Waals surface area contributed by atoms with Crippen molar-refractivity contribution in [3.05, 3.63) is 52.7 Å². The van der Waals surface area contributed by atoms with Crippen molar-refractivity contribution >= 4 is 33.3 Å². The number of nitrogens with zero attached hydrogens (tertiary/aromatic N) is 3. The number of H-pyrrole nitrogens is 1. The molecule has 0 aliphatic rings. The first-order valence-corrected chi connectivity index (χ1v) is 10.1. The number of non-ortho nitro benzene ring substituents is 1. The van der Waals surface area contributed by atoms with Gasteiger partial charge in [-0.3, -0.25) is 10.1 Å². The third kappa shape index (κ3) is 4.63. The number of aromatic amines is 1. The number of aliphatic hydroxyl groups is 1. The van der Waals surface area contributed by atoms with Gasteiger partial charge in [0.1, 0.15) is 18.5 Å². The number of nitro benzene ring substituents is 1. The molecule has 168 valence electrons. The molecular weight excluding hydrogens is 416 g/mol. The second kappa shape index (κ2) is 8.81. The van der Waals surface area contributed by atoms with E-state index in [4.69, 9.17) is 9.37 Å². The predicted molar refractivity (Wildman–Crippen MR) is 119 cm³/mol. The van der Waals surface area contributed by atoms with Crippen LogP contribution in [0.25, 0.3) is 21.9 Å². The third-order valence-electron chi connectivity index (χ3n) is 5.00. The van der Waals surface area contributed by atoms with Gasteiger partial charge < -0.3 is 25.5 Å². The number of benzene rings is 2. The summed E-state index contributed by atoms with van der Waals surface area (Å²) in [4.78, 5) is 13.7. The summed E-state index contributed by atoms with van der Waals surface area (Å²) in [5.74, 6) is 0.716. The number of nitro groups is 1. The van der Waals surface area contributed by atoms with Crippen LogP contribution in [0.1, 0.15) is 13.8 Å². The average Bonchev–Trinajstić information content (AvgIpc) is 3.41. The molecule has 0 amide bonds. The van der Waals surface area contributed by atoms with Crippen LogP contribution in [-0.2, 0) is 0 Å². The molecule has 2 heterocycles. The molecule has 11 heteroatoms. The minimum atomic E-state index is -0.703. The molecule has 0 radical (unpaired) electrons. The van der Waals surface area contributed by atoms with E-state index in [9.17, 15) is 15.2 Å². The van der Waals surface area contributed by atoms with Crippen molar-refractivity contribution in [1.29, 1.82) is 0 Å². The summed E-state index contributed by atoms with van der Waals surface area (Å²) < 4.78 is 10.5. The molecule has 0 bridgehead atoms. The van der Waals surface area contributed by atoms with Crippen molar-refractivity contribution in [2.45, 2.75) is 25.5 Å². The van der Waals surface area contributed by atoms with Gasteiger partial charge in [0.25, 0.3) is 0 Å². The lowest BCUT2D eigenvalue weighted by atomic mass is 10.0. The highest BCUT2D eigenvalue weighted by Gasteiger charge is 2.24. The van der Waals surface area contributed by atoms with E-state index >= 15 is 0 Å². The van der Waals surface area contributed by atoms with E-state index in [0.29, 0.717) is 30.0 Å². The fourth-order valence-corrected chi connectivity index (χ4v) is 3.49. The van der Waals surface area contributed by atoms with Crippen molar-refractivity contribution in [2.24, 2.45) is 0 Å². The summed E-state index contributed by atoms with van der Waals surface area (Å²) >= 11 is 0. The highest BCUT2D eigenvalue weighted by atomic mass is 16.6. The summed E-state index contributed by atoms with van der Waals surface area (Å²) in [6.07, 6.45) is 1.14. The SMILES string of the molecule is CC(C)(CNCC(O)COc1cccc2[nH]ccc12)Nc1ccc([N+](=O)[O-])c2nonc12. The van der Waals surface area contributed by atoms with Crippen LogP contribution in [0.5, 0.6) is 5.75 Å². The minimum Gasteiger partial charge on any atom is -0.490 e. The summed E-state index contributed by atoms with van der Waals surface area (Å²) in [5, 5.41) is 36.4. The normalized spacial score (nSPS) is 12.8. The van der Waals surface area contributed by atoms with Gasteiger partial charge in [0.15, 0.2) is 5.52 Å². The Balaban J connectivity index is 1.30. The fourth-order valence-electron chi connectivity index (χ4n) is 3.49. The lowest BCUT2D eigenvalue weighted by Crippen LogP contribution is -2.44. The summed E-state index contributed by atoms with van der Waals surface area (Å²) in [7, 11) is 0. The fraction of sp³-hybridized carbons (Fsp3) is 0.333. The van der Waals surface area contributed by atoms with Gasteiger partial charge in [-0.2, -0.15) is 0 Å². The summed E-state index contributed by atoms with van der Waals surface area (Å²) in [6, 6.07) is 10.6. The second-order valence-corrected chi connectivity index (χ2v) is 8.15. The molecule has 0 aliphatic heterocycles. The Bertz CT molecular complexity index is 1230. The molecule has 1 unspecified atom stereocenters. The number of ether oxygens (including phenoxy) is 1. The van der Waals surface area contributed by atoms with E-state index in [2.05, 4.69) is 25.9 Å². The first kappa shape index (κ1) is 21.5. The Morgan fingerprint density at radius 2 is 2.06 bits per heavy atom.